The molecule has 11 heteroatoms. The van der Waals surface area contributed by atoms with Crippen LogP contribution in [-0.2, 0) is 14.4 Å². The lowest BCUT2D eigenvalue weighted by atomic mass is 9.85. The molecule has 0 spiro atoms. The summed E-state index contributed by atoms with van der Waals surface area (Å²) in [5.74, 6) is -1.41. The first kappa shape index (κ1) is 28.9. The molecule has 1 aromatic carbocycles. The summed E-state index contributed by atoms with van der Waals surface area (Å²) in [6.07, 6.45) is 3.53. The van der Waals surface area contributed by atoms with Gasteiger partial charge < -0.3 is 15.5 Å². The van der Waals surface area contributed by atoms with Crippen LogP contribution in [-0.4, -0.2) is 52.4 Å². The van der Waals surface area contributed by atoms with Gasteiger partial charge in [0.15, 0.2) is 0 Å². The molecule has 1 saturated heterocycles. The summed E-state index contributed by atoms with van der Waals surface area (Å²) in [5.41, 5.74) is -0.491. The second-order valence-corrected chi connectivity index (χ2v) is 12.0. The highest BCUT2D eigenvalue weighted by Gasteiger charge is 2.70. The van der Waals surface area contributed by atoms with Gasteiger partial charge in [0.25, 0.3) is 0 Å². The van der Waals surface area contributed by atoms with Crippen molar-refractivity contribution in [2.24, 2.45) is 22.7 Å². The molecule has 1 aliphatic carbocycles. The highest BCUT2D eigenvalue weighted by Crippen LogP contribution is 2.65. The fourth-order valence-corrected chi connectivity index (χ4v) is 5.85. The molecule has 5 atom stereocenters. The van der Waals surface area contributed by atoms with Crippen LogP contribution >= 0.6 is 0 Å². The minimum Gasteiger partial charge on any atom is -0.336 e. The lowest BCUT2D eigenvalue weighted by Crippen LogP contribution is -2.60. The van der Waals surface area contributed by atoms with Crippen LogP contribution in [0.25, 0.3) is 10.8 Å². The number of hydrogen-bond donors (Lipinski definition) is 2. The van der Waals surface area contributed by atoms with E-state index in [2.05, 4.69) is 22.3 Å². The van der Waals surface area contributed by atoms with Crippen LogP contribution in [0.3, 0.4) is 0 Å². The normalized spacial score (nSPS) is 22.9. The number of halogens is 3. The van der Waals surface area contributed by atoms with Gasteiger partial charge in [0, 0.05) is 40.8 Å². The van der Waals surface area contributed by atoms with Crippen molar-refractivity contribution in [3.63, 3.8) is 0 Å². The number of rotatable bonds is 5. The van der Waals surface area contributed by atoms with Crippen LogP contribution in [0.2, 0.25) is 0 Å². The van der Waals surface area contributed by atoms with E-state index in [-0.39, 0.29) is 23.8 Å². The van der Waals surface area contributed by atoms with Crippen molar-refractivity contribution >= 4 is 28.5 Å². The van der Waals surface area contributed by atoms with E-state index in [9.17, 15) is 32.8 Å². The van der Waals surface area contributed by atoms with Crippen LogP contribution in [0.1, 0.15) is 51.8 Å². The number of hydrogen-bond acceptors (Lipinski definition) is 5. The third-order valence-electron chi connectivity index (χ3n) is 8.10. The molecule has 40 heavy (non-hydrogen) atoms. The average molecular weight is 554 g/mol. The minimum atomic E-state index is -5.18. The number of nitrogens with one attached hydrogen (secondary N) is 2. The summed E-state index contributed by atoms with van der Waals surface area (Å²) in [6.45, 7) is 8.63. The summed E-state index contributed by atoms with van der Waals surface area (Å²) < 4.78 is 39.2. The number of nitrogens with zero attached hydrogens (tertiary/aromatic N) is 3. The second-order valence-electron chi connectivity index (χ2n) is 12.0. The fourth-order valence-electron chi connectivity index (χ4n) is 5.85. The number of benzene rings is 1. The molecule has 1 aliphatic heterocycles. The van der Waals surface area contributed by atoms with E-state index in [1.165, 1.54) is 31.9 Å². The maximum absolute atomic E-state index is 13.8. The van der Waals surface area contributed by atoms with Crippen LogP contribution in [0.4, 0.5) is 13.2 Å². The van der Waals surface area contributed by atoms with Gasteiger partial charge in [-0.3, -0.25) is 19.4 Å². The van der Waals surface area contributed by atoms with Gasteiger partial charge in [-0.15, -0.1) is 6.42 Å². The van der Waals surface area contributed by atoms with Crippen LogP contribution in [0.15, 0.2) is 30.6 Å². The van der Waals surface area contributed by atoms with Crippen molar-refractivity contribution < 1.29 is 27.6 Å². The van der Waals surface area contributed by atoms with E-state index in [0.717, 1.165) is 0 Å². The quantitative estimate of drug-likeness (QED) is 0.551. The maximum atomic E-state index is 13.8. The Balaban J connectivity index is 1.67. The van der Waals surface area contributed by atoms with Crippen LogP contribution in [0, 0.1) is 46.3 Å². The summed E-state index contributed by atoms with van der Waals surface area (Å²) in [6, 6.07) is 3.56. The number of terminal acetylenes is 1. The van der Waals surface area contributed by atoms with Crippen molar-refractivity contribution in [2.45, 2.75) is 58.9 Å². The highest BCUT2D eigenvalue weighted by atomic mass is 19.4. The van der Waals surface area contributed by atoms with E-state index >= 15 is 0 Å². The first-order valence-corrected chi connectivity index (χ1v) is 12.8. The number of pyridine rings is 1. The Labute approximate surface area is 230 Å². The second kappa shape index (κ2) is 9.81. The molecule has 1 saturated carbocycles. The number of amides is 3. The fraction of sp³-hybridized carbons (Fsp3) is 0.483. The van der Waals surface area contributed by atoms with E-state index < -0.39 is 47.4 Å². The van der Waals surface area contributed by atoms with E-state index in [1.54, 1.807) is 24.4 Å². The molecule has 0 radical (unpaired) electrons. The average Bonchev–Trinajstić information content (AvgIpc) is 3.20. The number of carbonyl (C=O) groups excluding carboxylic acids is 3. The monoisotopic (exact) mass is 553 g/mol. The van der Waals surface area contributed by atoms with Gasteiger partial charge in [-0.25, -0.2) is 0 Å². The molecule has 2 fully saturated rings. The Bertz CT molecular complexity index is 1460. The van der Waals surface area contributed by atoms with Gasteiger partial charge in [-0.2, -0.15) is 18.4 Å². The number of fused-ring (bicyclic) bond motifs is 2. The molecule has 2 N–H and O–H groups in total. The van der Waals surface area contributed by atoms with E-state index in [0.29, 0.717) is 21.9 Å². The third kappa shape index (κ3) is 4.97. The number of aromatic nitrogens is 1. The minimum absolute atomic E-state index is 0.0704. The highest BCUT2D eigenvalue weighted by molar-refractivity contribution is 5.96. The summed E-state index contributed by atoms with van der Waals surface area (Å²) in [7, 11) is 0. The molecule has 2 heterocycles. The zero-order chi connectivity index (χ0) is 29.8. The summed E-state index contributed by atoms with van der Waals surface area (Å²) >= 11 is 0. The van der Waals surface area contributed by atoms with Crippen molar-refractivity contribution in [3.8, 4) is 18.4 Å². The predicted molar refractivity (Wildman–Crippen MR) is 140 cm³/mol. The Morgan fingerprint density at radius 1 is 1.18 bits per heavy atom. The number of alkyl halides is 3. The summed E-state index contributed by atoms with van der Waals surface area (Å²) in [4.78, 5) is 44.7. The molecule has 1 unspecified atom stereocenters. The van der Waals surface area contributed by atoms with Gasteiger partial charge in [0.2, 0.25) is 11.8 Å². The van der Waals surface area contributed by atoms with Crippen molar-refractivity contribution in [1.29, 1.82) is 5.26 Å². The zero-order valence-corrected chi connectivity index (χ0v) is 22.8. The molecule has 0 bridgehead atoms. The van der Waals surface area contributed by atoms with Gasteiger partial charge in [0.1, 0.15) is 18.1 Å². The van der Waals surface area contributed by atoms with E-state index in [1.807, 2.05) is 19.2 Å². The van der Waals surface area contributed by atoms with Crippen molar-refractivity contribution in [3.05, 3.63) is 41.7 Å². The van der Waals surface area contributed by atoms with Crippen molar-refractivity contribution in [2.75, 3.05) is 6.54 Å². The Morgan fingerprint density at radius 3 is 2.42 bits per heavy atom. The first-order chi connectivity index (χ1) is 18.5. The summed E-state index contributed by atoms with van der Waals surface area (Å²) in [5, 5.41) is 15.8. The molecular weight excluding hydrogens is 523 g/mol. The standard InChI is InChI=1S/C29H30F3N5O3/c1-7-15-9-8-10-16-12-34-13-17(20(15)16)19(11-33)35-24(38)22-21-18(28(21,5)6)14-37(22)25(39)23(27(2,3)4)36-26(40)29(30,31)32/h1,8-10,12-13,18-19,21-23H,14H2,2-6H3,(H,35,38)(H,36,40)/t18-,19?,21-,22-,23+/m0/s1. The Hall–Kier alpha value is -4.12. The van der Waals surface area contributed by atoms with Crippen LogP contribution < -0.4 is 10.6 Å². The SMILES string of the molecule is C#Cc1cccc2cncc(C(C#N)NC(=O)[C@@H]3[C@@H]4[C@H](CN3C(=O)[C@@H](NC(=O)C(F)(F)F)C(C)(C)C)C4(C)C)c12. The first-order valence-electron chi connectivity index (χ1n) is 12.8. The van der Waals surface area contributed by atoms with Gasteiger partial charge in [-0.05, 0) is 28.7 Å². The topological polar surface area (TPSA) is 115 Å². The zero-order valence-electron chi connectivity index (χ0n) is 22.8. The molecule has 1 aromatic heterocycles. The third-order valence-corrected chi connectivity index (χ3v) is 8.10. The smallest absolute Gasteiger partial charge is 0.336 e. The maximum Gasteiger partial charge on any atom is 0.471 e. The Kier molecular flexibility index (Phi) is 7.08. The Morgan fingerprint density at radius 2 is 1.85 bits per heavy atom. The molecule has 2 aromatic rings. The van der Waals surface area contributed by atoms with Gasteiger partial charge in [0.05, 0.1) is 6.07 Å². The number of carbonyl (C=O) groups is 3. The predicted octanol–water partition coefficient (Wildman–Crippen LogP) is 3.47. The van der Waals surface area contributed by atoms with E-state index in [4.69, 9.17) is 6.42 Å². The lowest BCUT2D eigenvalue weighted by molar-refractivity contribution is -0.176. The van der Waals surface area contributed by atoms with Crippen LogP contribution in [0.5, 0.6) is 0 Å². The van der Waals surface area contributed by atoms with Crippen molar-refractivity contribution in [1.82, 2.24) is 20.5 Å². The molecule has 2 aliphatic rings. The molecule has 8 nitrogen and oxygen atoms in total. The molecule has 3 amide bonds. The number of nitriles is 1. The number of likely N-dealkylation sites (tertiary alicyclic amines) is 1. The molecule has 210 valence electrons. The molecular formula is C29H30F3N5O3. The van der Waals surface area contributed by atoms with Gasteiger partial charge >= 0.3 is 12.1 Å². The largest absolute Gasteiger partial charge is 0.471 e. The molecule has 4 rings (SSSR count). The number of piperidine rings is 1. The lowest BCUT2D eigenvalue weighted by Gasteiger charge is -2.37. The van der Waals surface area contributed by atoms with Gasteiger partial charge in [-0.1, -0.05) is 52.7 Å².